The quantitative estimate of drug-likeness (QED) is 0.155. The van der Waals surface area contributed by atoms with Gasteiger partial charge in [0.1, 0.15) is 12.6 Å². The molecule has 11 heteroatoms. The van der Waals surface area contributed by atoms with Crippen LogP contribution in [-0.2, 0) is 32.6 Å². The van der Waals surface area contributed by atoms with Crippen LogP contribution in [0.1, 0.15) is 37.0 Å². The van der Waals surface area contributed by atoms with Crippen LogP contribution in [0, 0.1) is 6.92 Å². The zero-order valence-corrected chi connectivity index (χ0v) is 28.9. The van der Waals surface area contributed by atoms with E-state index >= 15 is 0 Å². The van der Waals surface area contributed by atoms with Crippen molar-refractivity contribution in [3.05, 3.63) is 129 Å². The second-order valence-corrected chi connectivity index (χ2v) is 14.2. The lowest BCUT2D eigenvalue weighted by Gasteiger charge is -2.34. The van der Waals surface area contributed by atoms with Gasteiger partial charge in [0.15, 0.2) is 0 Å². The predicted molar refractivity (Wildman–Crippen MR) is 186 cm³/mol. The van der Waals surface area contributed by atoms with Crippen LogP contribution in [0.4, 0.5) is 5.69 Å². The molecule has 0 aliphatic carbocycles. The van der Waals surface area contributed by atoms with Crippen LogP contribution in [0.25, 0.3) is 0 Å². The van der Waals surface area contributed by atoms with Gasteiger partial charge in [0.25, 0.3) is 10.0 Å². The van der Waals surface area contributed by atoms with Gasteiger partial charge < -0.3 is 10.2 Å². The van der Waals surface area contributed by atoms with Gasteiger partial charge in [-0.1, -0.05) is 102 Å². The highest BCUT2D eigenvalue weighted by Gasteiger charge is 2.35. The van der Waals surface area contributed by atoms with Crippen molar-refractivity contribution in [3.63, 3.8) is 0 Å². The molecule has 2 amide bonds. The van der Waals surface area contributed by atoms with Crippen LogP contribution in [0.3, 0.4) is 0 Å². The molecule has 0 heterocycles. The predicted octanol–water partition coefficient (Wildman–Crippen LogP) is 7.71. The van der Waals surface area contributed by atoms with Gasteiger partial charge in [0.05, 0.1) is 20.6 Å². The van der Waals surface area contributed by atoms with Crippen molar-refractivity contribution in [1.82, 2.24) is 10.2 Å². The molecule has 0 aromatic heterocycles. The molecule has 0 radical (unpaired) electrons. The maximum atomic E-state index is 14.6. The summed E-state index contributed by atoms with van der Waals surface area (Å²) in [7, 11) is -4.25. The summed E-state index contributed by atoms with van der Waals surface area (Å²) in [5.74, 6) is -0.951. The fraction of sp³-hybridized carbons (Fsp3) is 0.257. The maximum Gasteiger partial charge on any atom is 0.264 e. The minimum absolute atomic E-state index is 0.00792. The summed E-state index contributed by atoms with van der Waals surface area (Å²) >= 11 is 18.9. The molecule has 242 valence electrons. The summed E-state index contributed by atoms with van der Waals surface area (Å²) in [5, 5.41) is 3.96. The van der Waals surface area contributed by atoms with E-state index in [1.54, 1.807) is 55.5 Å². The molecule has 0 aliphatic rings. The molecule has 0 spiro atoms. The van der Waals surface area contributed by atoms with E-state index in [0.717, 1.165) is 9.87 Å². The fourth-order valence-corrected chi connectivity index (χ4v) is 6.89. The third kappa shape index (κ3) is 8.82. The van der Waals surface area contributed by atoms with Crippen molar-refractivity contribution in [2.24, 2.45) is 0 Å². The highest BCUT2D eigenvalue weighted by atomic mass is 35.5. The van der Waals surface area contributed by atoms with Crippen molar-refractivity contribution in [1.29, 1.82) is 0 Å². The monoisotopic (exact) mass is 699 g/mol. The number of hydrogen-bond acceptors (Lipinski definition) is 4. The number of amides is 2. The average Bonchev–Trinajstić information content (AvgIpc) is 3.05. The van der Waals surface area contributed by atoms with E-state index < -0.39 is 28.5 Å². The Balaban J connectivity index is 1.85. The maximum absolute atomic E-state index is 14.6. The highest BCUT2D eigenvalue weighted by Crippen LogP contribution is 2.30. The van der Waals surface area contributed by atoms with Gasteiger partial charge in [-0.3, -0.25) is 13.9 Å². The summed E-state index contributed by atoms with van der Waals surface area (Å²) in [5.41, 5.74) is 2.30. The summed E-state index contributed by atoms with van der Waals surface area (Å²) in [6.07, 6.45) is 0.874. The van der Waals surface area contributed by atoms with Crippen molar-refractivity contribution in [2.45, 2.75) is 57.1 Å². The lowest BCUT2D eigenvalue weighted by atomic mass is 10.0. The molecule has 0 unspecified atom stereocenters. The van der Waals surface area contributed by atoms with Crippen molar-refractivity contribution >= 4 is 62.3 Å². The number of nitrogens with one attached hydrogen (secondary N) is 1. The molecule has 46 heavy (non-hydrogen) atoms. The number of aryl methyl sites for hydroxylation is 1. The van der Waals surface area contributed by atoms with Gasteiger partial charge in [-0.15, -0.1) is 0 Å². The van der Waals surface area contributed by atoms with E-state index in [4.69, 9.17) is 34.8 Å². The second-order valence-electron chi connectivity index (χ2n) is 11.0. The number of sulfonamides is 1. The Labute approximate surface area is 286 Å². The molecular weight excluding hydrogens is 665 g/mol. The minimum Gasteiger partial charge on any atom is -0.352 e. The Hall–Kier alpha value is -3.56. The van der Waals surface area contributed by atoms with Gasteiger partial charge >= 0.3 is 0 Å². The first-order valence-electron chi connectivity index (χ1n) is 14.8. The number of anilines is 1. The summed E-state index contributed by atoms with van der Waals surface area (Å²) < 4.78 is 29.4. The van der Waals surface area contributed by atoms with E-state index in [1.807, 2.05) is 44.2 Å². The molecule has 0 fully saturated rings. The first-order chi connectivity index (χ1) is 21.9. The fourth-order valence-electron chi connectivity index (χ4n) is 4.91. The van der Waals surface area contributed by atoms with E-state index in [1.165, 1.54) is 23.1 Å². The van der Waals surface area contributed by atoms with Gasteiger partial charge in [0.2, 0.25) is 11.8 Å². The minimum atomic E-state index is -4.25. The summed E-state index contributed by atoms with van der Waals surface area (Å²) in [4.78, 5) is 30.0. The number of halogens is 3. The number of hydrogen-bond donors (Lipinski definition) is 1. The van der Waals surface area contributed by atoms with E-state index in [9.17, 15) is 18.0 Å². The third-order valence-electron chi connectivity index (χ3n) is 7.66. The standard InChI is InChI=1S/C35H36Cl3N3O4S/c1-4-25(3)39-35(43)33(20-26-11-7-5-8-12-26)40(22-27-16-18-30(37)31(38)19-27)34(42)23-41(32-21-28(36)17-15-24(32)2)46(44,45)29-13-9-6-10-14-29/h5-19,21,25,33H,4,20,22-23H2,1-3H3,(H,39,43)/t25-,33-/m1/s1. The van der Waals surface area contributed by atoms with Crippen LogP contribution in [0.5, 0.6) is 0 Å². The number of carbonyl (C=O) groups excluding carboxylic acids is 2. The zero-order chi connectivity index (χ0) is 33.4. The van der Waals surface area contributed by atoms with E-state index in [-0.39, 0.29) is 40.5 Å². The highest BCUT2D eigenvalue weighted by molar-refractivity contribution is 7.92. The van der Waals surface area contributed by atoms with Crippen LogP contribution in [0.15, 0.2) is 102 Å². The van der Waals surface area contributed by atoms with Crippen molar-refractivity contribution in [3.8, 4) is 0 Å². The van der Waals surface area contributed by atoms with Crippen molar-refractivity contribution < 1.29 is 18.0 Å². The van der Waals surface area contributed by atoms with Crippen LogP contribution in [0.2, 0.25) is 15.1 Å². The normalized spacial score (nSPS) is 12.7. The molecule has 4 aromatic carbocycles. The number of nitrogens with zero attached hydrogens (tertiary/aromatic N) is 2. The smallest absolute Gasteiger partial charge is 0.264 e. The molecule has 2 atom stereocenters. The summed E-state index contributed by atoms with van der Waals surface area (Å²) in [6.45, 7) is 4.96. The summed E-state index contributed by atoms with van der Waals surface area (Å²) in [6, 6.07) is 25.9. The first kappa shape index (κ1) is 35.3. The van der Waals surface area contributed by atoms with E-state index in [0.29, 0.717) is 27.6 Å². The second kappa shape index (κ2) is 15.8. The Bertz CT molecular complexity index is 1770. The topological polar surface area (TPSA) is 86.8 Å². The molecular formula is C35H36Cl3N3O4S. The molecule has 7 nitrogen and oxygen atoms in total. The SMILES string of the molecule is CC[C@@H](C)NC(=O)[C@@H](Cc1ccccc1)N(Cc1ccc(Cl)c(Cl)c1)C(=O)CN(c1cc(Cl)ccc1C)S(=O)(=O)c1ccccc1. The molecule has 4 rings (SSSR count). The van der Waals surface area contributed by atoms with Crippen molar-refractivity contribution in [2.75, 3.05) is 10.8 Å². The number of carbonyl (C=O) groups is 2. The molecule has 1 N–H and O–H groups in total. The molecule has 0 saturated carbocycles. The van der Waals surface area contributed by atoms with Crippen LogP contribution in [-0.4, -0.2) is 43.8 Å². The van der Waals surface area contributed by atoms with Gasteiger partial charge in [-0.25, -0.2) is 8.42 Å². The lowest BCUT2D eigenvalue weighted by molar-refractivity contribution is -0.140. The number of benzene rings is 4. The molecule has 0 bridgehead atoms. The Morgan fingerprint density at radius 3 is 2.11 bits per heavy atom. The Morgan fingerprint density at radius 2 is 1.48 bits per heavy atom. The largest absolute Gasteiger partial charge is 0.352 e. The zero-order valence-electron chi connectivity index (χ0n) is 25.8. The molecule has 0 saturated heterocycles. The van der Waals surface area contributed by atoms with Gasteiger partial charge in [0, 0.05) is 24.0 Å². The Kier molecular flexibility index (Phi) is 12.1. The first-order valence-corrected chi connectivity index (χ1v) is 17.4. The lowest BCUT2D eigenvalue weighted by Crippen LogP contribution is -2.54. The molecule has 4 aromatic rings. The van der Waals surface area contributed by atoms with Crippen LogP contribution < -0.4 is 9.62 Å². The average molecular weight is 701 g/mol. The molecule has 0 aliphatic heterocycles. The van der Waals surface area contributed by atoms with Crippen LogP contribution >= 0.6 is 34.8 Å². The number of rotatable bonds is 13. The third-order valence-corrected chi connectivity index (χ3v) is 10.4. The Morgan fingerprint density at radius 1 is 0.826 bits per heavy atom. The van der Waals surface area contributed by atoms with Gasteiger partial charge in [-0.2, -0.15) is 0 Å². The van der Waals surface area contributed by atoms with Gasteiger partial charge in [-0.05, 0) is 73.4 Å². The van der Waals surface area contributed by atoms with E-state index in [2.05, 4.69) is 5.32 Å².